The van der Waals surface area contributed by atoms with Gasteiger partial charge >= 0.3 is 0 Å². The number of para-hydroxylation sites is 1. The van der Waals surface area contributed by atoms with Gasteiger partial charge in [-0.05, 0) is 42.2 Å². The number of sulfonamides is 1. The van der Waals surface area contributed by atoms with E-state index in [1.54, 1.807) is 18.2 Å². The number of hydrogen-bond donors (Lipinski definition) is 2. The summed E-state index contributed by atoms with van der Waals surface area (Å²) in [5.41, 5.74) is 8.66. The molecule has 8 heteroatoms. The number of nitrogens with one attached hydrogen (secondary N) is 1. The third-order valence-corrected chi connectivity index (χ3v) is 7.99. The summed E-state index contributed by atoms with van der Waals surface area (Å²) in [7, 11) is -1.89. The Kier molecular flexibility index (Phi) is 6.10. The number of nitrogens with zero attached hydrogens (tertiary/aromatic N) is 1. The molecule has 0 unspecified atom stereocenters. The second-order valence-electron chi connectivity index (χ2n) is 8.15. The van der Waals surface area contributed by atoms with Crippen molar-refractivity contribution in [3.8, 4) is 11.3 Å². The number of nitrogens with two attached hydrogens (primary N) is 1. The lowest BCUT2D eigenvalue weighted by Crippen LogP contribution is -2.36. The summed E-state index contributed by atoms with van der Waals surface area (Å²) in [5.74, 6) is -0.446. The first-order valence-electron chi connectivity index (χ1n) is 10.4. The van der Waals surface area contributed by atoms with Gasteiger partial charge in [-0.25, -0.2) is 13.1 Å². The van der Waals surface area contributed by atoms with Gasteiger partial charge in [0.1, 0.15) is 4.90 Å². The Balaban J connectivity index is 1.82. The quantitative estimate of drug-likeness (QED) is 0.580. The number of aryl methyl sites for hydroxylation is 1. The van der Waals surface area contributed by atoms with Crippen LogP contribution in [0.4, 0.5) is 0 Å². The van der Waals surface area contributed by atoms with E-state index in [4.69, 9.17) is 17.3 Å². The Morgan fingerprint density at radius 3 is 2.58 bits per heavy atom. The van der Waals surface area contributed by atoms with Gasteiger partial charge in [0.25, 0.3) is 0 Å². The van der Waals surface area contributed by atoms with Gasteiger partial charge in [-0.3, -0.25) is 4.79 Å². The predicted molar refractivity (Wildman–Crippen MR) is 123 cm³/mol. The van der Waals surface area contributed by atoms with Gasteiger partial charge in [0.05, 0.1) is 17.1 Å². The number of hydrogen-bond acceptors (Lipinski definition) is 3. The first kappa shape index (κ1) is 21.9. The molecule has 164 valence electrons. The zero-order chi connectivity index (χ0) is 22.2. The van der Waals surface area contributed by atoms with Crippen LogP contribution >= 0.6 is 11.6 Å². The number of aromatic nitrogens is 1. The van der Waals surface area contributed by atoms with Crippen LogP contribution in [0.2, 0.25) is 5.02 Å². The normalized spacial score (nSPS) is 15.4. The fourth-order valence-electron chi connectivity index (χ4n) is 4.55. The number of carbonyl (C=O) groups excluding carboxylic acids is 1. The molecule has 0 bridgehead atoms. The summed E-state index contributed by atoms with van der Waals surface area (Å²) in [6.45, 7) is 0. The fourth-order valence-corrected chi connectivity index (χ4v) is 6.38. The fraction of sp³-hybridized carbons (Fsp3) is 0.348. The molecule has 0 spiro atoms. The summed E-state index contributed by atoms with van der Waals surface area (Å²) >= 11 is 6.33. The molecule has 1 aliphatic carbocycles. The molecule has 0 saturated heterocycles. The van der Waals surface area contributed by atoms with Crippen LogP contribution in [-0.4, -0.2) is 24.9 Å². The van der Waals surface area contributed by atoms with Crippen molar-refractivity contribution in [2.75, 3.05) is 0 Å². The van der Waals surface area contributed by atoms with E-state index in [9.17, 15) is 13.2 Å². The summed E-state index contributed by atoms with van der Waals surface area (Å²) in [4.78, 5) is 11.8. The summed E-state index contributed by atoms with van der Waals surface area (Å²) in [6.07, 6.45) is 4.91. The Hall–Kier alpha value is -2.35. The summed E-state index contributed by atoms with van der Waals surface area (Å²) in [5, 5.41) is 1.08. The second-order valence-corrected chi connectivity index (χ2v) is 10.2. The molecule has 31 heavy (non-hydrogen) atoms. The molecular formula is C23H26ClN3O3S. The monoisotopic (exact) mass is 459 g/mol. The van der Waals surface area contributed by atoms with E-state index in [0.29, 0.717) is 5.56 Å². The second kappa shape index (κ2) is 8.65. The van der Waals surface area contributed by atoms with Crippen LogP contribution in [0.1, 0.15) is 37.7 Å². The largest absolute Gasteiger partial charge is 0.369 e. The highest BCUT2D eigenvalue weighted by Gasteiger charge is 2.26. The van der Waals surface area contributed by atoms with E-state index in [1.807, 2.05) is 35.9 Å². The minimum atomic E-state index is -3.78. The van der Waals surface area contributed by atoms with Crippen molar-refractivity contribution in [3.63, 3.8) is 0 Å². The molecule has 0 atom stereocenters. The lowest BCUT2D eigenvalue weighted by molar-refractivity contribution is -0.117. The maximum absolute atomic E-state index is 13.1. The number of carbonyl (C=O) groups is 1. The van der Waals surface area contributed by atoms with Crippen molar-refractivity contribution < 1.29 is 13.2 Å². The predicted octanol–water partition coefficient (Wildman–Crippen LogP) is 4.14. The minimum absolute atomic E-state index is 0.0486. The molecule has 6 nitrogen and oxygen atoms in total. The van der Waals surface area contributed by atoms with Gasteiger partial charge in [-0.15, -0.1) is 0 Å². The summed E-state index contributed by atoms with van der Waals surface area (Å²) in [6, 6.07) is 12.6. The smallest absolute Gasteiger partial charge is 0.242 e. The van der Waals surface area contributed by atoms with Crippen molar-refractivity contribution in [2.24, 2.45) is 12.8 Å². The molecule has 2 aromatic carbocycles. The molecule has 1 heterocycles. The van der Waals surface area contributed by atoms with Crippen LogP contribution in [0.15, 0.2) is 47.4 Å². The molecule has 0 radical (unpaired) electrons. The van der Waals surface area contributed by atoms with Crippen molar-refractivity contribution in [3.05, 3.63) is 53.1 Å². The minimum Gasteiger partial charge on any atom is -0.369 e. The van der Waals surface area contributed by atoms with E-state index in [-0.39, 0.29) is 22.4 Å². The molecule has 3 aromatic rings. The van der Waals surface area contributed by atoms with Gasteiger partial charge < -0.3 is 10.3 Å². The van der Waals surface area contributed by atoms with Gasteiger partial charge in [0.2, 0.25) is 15.9 Å². The Morgan fingerprint density at radius 2 is 1.87 bits per heavy atom. The van der Waals surface area contributed by atoms with Crippen LogP contribution < -0.4 is 10.5 Å². The van der Waals surface area contributed by atoms with E-state index in [0.717, 1.165) is 54.3 Å². The van der Waals surface area contributed by atoms with Gasteiger partial charge in [-0.2, -0.15) is 0 Å². The maximum atomic E-state index is 13.1. The van der Waals surface area contributed by atoms with Crippen LogP contribution in [0.5, 0.6) is 0 Å². The number of primary amides is 1. The molecule has 1 aliphatic rings. The van der Waals surface area contributed by atoms with Crippen LogP contribution in [0.25, 0.3) is 22.2 Å². The topological polar surface area (TPSA) is 94.2 Å². The molecule has 1 amide bonds. The van der Waals surface area contributed by atoms with Gasteiger partial charge in [0, 0.05) is 24.0 Å². The highest BCUT2D eigenvalue weighted by Crippen LogP contribution is 2.36. The van der Waals surface area contributed by atoms with Crippen LogP contribution in [-0.2, 0) is 28.3 Å². The van der Waals surface area contributed by atoms with Crippen molar-refractivity contribution in [2.45, 2.75) is 49.5 Å². The molecule has 0 aliphatic heterocycles. The van der Waals surface area contributed by atoms with Crippen LogP contribution in [0.3, 0.4) is 0 Å². The summed E-state index contributed by atoms with van der Waals surface area (Å²) < 4.78 is 31.1. The molecule has 3 N–H and O–H groups in total. The van der Waals surface area contributed by atoms with Crippen molar-refractivity contribution in [1.29, 1.82) is 0 Å². The average Bonchev–Trinajstić information content (AvgIpc) is 3.00. The van der Waals surface area contributed by atoms with Crippen molar-refractivity contribution >= 4 is 38.4 Å². The molecule has 1 aromatic heterocycles. The zero-order valence-corrected chi connectivity index (χ0v) is 19.0. The number of fused-ring (bicyclic) bond motifs is 1. The third kappa shape index (κ3) is 4.35. The van der Waals surface area contributed by atoms with E-state index in [2.05, 4.69) is 4.72 Å². The highest BCUT2D eigenvalue weighted by molar-refractivity contribution is 7.89. The zero-order valence-electron chi connectivity index (χ0n) is 17.4. The molecule has 1 fully saturated rings. The van der Waals surface area contributed by atoms with Gasteiger partial charge in [-0.1, -0.05) is 55.1 Å². The maximum Gasteiger partial charge on any atom is 0.242 e. The number of halogens is 1. The average molecular weight is 460 g/mol. The number of rotatable bonds is 6. The lowest BCUT2D eigenvalue weighted by Gasteiger charge is -2.23. The SMILES string of the molecule is Cn1c(-c2ccc(Cl)c(S(=O)(=O)NC3CCCCC3)c2)c(CC(N)=O)c2ccccc21. The first-order valence-corrected chi connectivity index (χ1v) is 12.3. The standard InChI is InChI=1S/C23H26ClN3O3S/c1-27-20-10-6-5-9-17(20)18(14-22(25)28)23(27)15-11-12-19(24)21(13-15)31(29,30)26-16-7-3-2-4-8-16/h5-6,9-13,16,26H,2-4,7-8,14H2,1H3,(H2,25,28). The van der Waals surface area contributed by atoms with E-state index in [1.165, 1.54) is 0 Å². The first-order chi connectivity index (χ1) is 14.8. The van der Waals surface area contributed by atoms with Crippen LogP contribution in [0, 0.1) is 0 Å². The number of amides is 1. The Morgan fingerprint density at radius 1 is 1.16 bits per heavy atom. The molecule has 1 saturated carbocycles. The van der Waals surface area contributed by atoms with Crippen molar-refractivity contribution in [1.82, 2.24) is 9.29 Å². The van der Waals surface area contributed by atoms with Gasteiger partial charge in [0.15, 0.2) is 0 Å². The molecule has 4 rings (SSSR count). The Bertz CT molecular complexity index is 1240. The molecular weight excluding hydrogens is 434 g/mol. The number of benzene rings is 2. The Labute approximate surface area is 187 Å². The lowest BCUT2D eigenvalue weighted by atomic mass is 9.96. The van der Waals surface area contributed by atoms with E-state index < -0.39 is 15.9 Å². The highest BCUT2D eigenvalue weighted by atomic mass is 35.5. The van der Waals surface area contributed by atoms with E-state index >= 15 is 0 Å². The third-order valence-electron chi connectivity index (χ3n) is 5.98.